The monoisotopic (exact) mass is 326 g/mol. The molecule has 0 aliphatic heterocycles. The molecule has 8 nitrogen and oxygen atoms in total. The number of hydrogen-bond acceptors (Lipinski definition) is 8. The Balaban J connectivity index is -0.0000000128. The van der Waals surface area contributed by atoms with E-state index in [0.717, 1.165) is 0 Å². The van der Waals surface area contributed by atoms with Crippen molar-refractivity contribution in [2.75, 3.05) is 0 Å². The van der Waals surface area contributed by atoms with Crippen LogP contribution in [0.25, 0.3) is 0 Å². The van der Waals surface area contributed by atoms with Gasteiger partial charge in [-0.05, 0) is 0 Å². The average Bonchev–Trinajstić information content (AvgIpc) is 1.12. The Morgan fingerprint density at radius 2 is 0.600 bits per heavy atom. The van der Waals surface area contributed by atoms with Gasteiger partial charge in [0.2, 0.25) is 0 Å². The summed E-state index contributed by atoms with van der Waals surface area (Å²) in [6.07, 6.45) is 0. The molecule has 0 unspecified atom stereocenters. The molecule has 0 fully saturated rings. The normalized spacial score (nSPS) is 7.87. The molecular formula is HFLi2O8P2V2-4. The average molecular weight is 326 g/mol. The Hall–Kier alpha value is 2.51. The third kappa shape index (κ3) is 551. The fraction of sp³-hybridized carbons (Fsp3) is 0. The van der Waals surface area contributed by atoms with Crippen molar-refractivity contribution in [2.24, 2.45) is 0 Å². The van der Waals surface area contributed by atoms with Crippen molar-refractivity contribution < 1.29 is 118 Å². The van der Waals surface area contributed by atoms with Crippen molar-refractivity contribution in [3.8, 4) is 0 Å². The maximum absolute atomic E-state index is 8.55. The van der Waals surface area contributed by atoms with Crippen LogP contribution in [0.5, 0.6) is 0 Å². The van der Waals surface area contributed by atoms with Crippen LogP contribution in [0, 0.1) is 0 Å². The summed E-state index contributed by atoms with van der Waals surface area (Å²) in [5.74, 6) is 0. The van der Waals surface area contributed by atoms with E-state index in [0.29, 0.717) is 0 Å². The summed E-state index contributed by atoms with van der Waals surface area (Å²) in [5.41, 5.74) is 0. The Labute approximate surface area is 133 Å². The molecule has 15 heavy (non-hydrogen) atoms. The largest absolute Gasteiger partial charge is 1.00 e. The summed E-state index contributed by atoms with van der Waals surface area (Å²) in [6.45, 7) is 0. The van der Waals surface area contributed by atoms with E-state index in [4.69, 9.17) is 38.5 Å². The standard InChI is InChI=1S/FH.2Li.2H3O4P.2V/c;;;2*1-5(2,3)4;;/h1H;;;2*(H3,1,2,3,4);;/q;2*+1;;;;/p-6. The molecule has 0 amide bonds. The smallest absolute Gasteiger partial charge is 0.822 e. The fourth-order valence-electron chi connectivity index (χ4n) is 0. The molecule has 82 valence electrons. The molecule has 0 spiro atoms. The molecule has 0 aromatic heterocycles. The van der Waals surface area contributed by atoms with E-state index in [9.17, 15) is 0 Å². The first-order valence-electron chi connectivity index (χ1n) is 1.46. The molecule has 2 radical (unpaired) electrons. The van der Waals surface area contributed by atoms with Crippen molar-refractivity contribution in [1.29, 1.82) is 0 Å². The van der Waals surface area contributed by atoms with Crippen molar-refractivity contribution in [2.45, 2.75) is 0 Å². The number of hydrogen-bond donors (Lipinski definition) is 0. The van der Waals surface area contributed by atoms with Gasteiger partial charge in [-0.25, -0.2) is 0 Å². The molecule has 0 heterocycles. The van der Waals surface area contributed by atoms with Crippen LogP contribution in [0.3, 0.4) is 0 Å². The zero-order chi connectivity index (χ0) is 9.00. The Kier molecular flexibility index (Phi) is 54.3. The summed E-state index contributed by atoms with van der Waals surface area (Å²) < 4.78 is 17.1. The molecule has 0 saturated carbocycles. The van der Waals surface area contributed by atoms with Gasteiger partial charge >= 0.3 is 37.7 Å². The zero-order valence-corrected chi connectivity index (χ0v) is 12.0. The van der Waals surface area contributed by atoms with Crippen LogP contribution in [-0.2, 0) is 46.2 Å². The minimum absolute atomic E-state index is 0. The molecular weight excluding hydrogens is 325 g/mol. The molecule has 0 aromatic rings. The van der Waals surface area contributed by atoms with Crippen LogP contribution in [0.1, 0.15) is 0 Å². The number of halogens is 1. The van der Waals surface area contributed by atoms with Crippen LogP contribution in [-0.4, -0.2) is 0 Å². The van der Waals surface area contributed by atoms with Crippen molar-refractivity contribution in [1.82, 2.24) is 0 Å². The first-order valence-corrected chi connectivity index (χ1v) is 4.38. The van der Waals surface area contributed by atoms with Gasteiger partial charge in [-0.1, -0.05) is 0 Å². The van der Waals surface area contributed by atoms with Crippen LogP contribution >= 0.6 is 15.6 Å². The van der Waals surface area contributed by atoms with Crippen molar-refractivity contribution >= 4 is 15.6 Å². The van der Waals surface area contributed by atoms with E-state index < -0.39 is 15.6 Å². The minimum atomic E-state index is -5.39. The Morgan fingerprint density at radius 3 is 0.600 bits per heavy atom. The van der Waals surface area contributed by atoms with Gasteiger partial charge in [0.05, 0.1) is 0 Å². The minimum Gasteiger partial charge on any atom is -0.822 e. The van der Waals surface area contributed by atoms with E-state index >= 15 is 0 Å². The predicted molar refractivity (Wildman–Crippen MR) is 17.7 cm³/mol. The van der Waals surface area contributed by atoms with Gasteiger partial charge in [-0.15, -0.1) is 0 Å². The van der Waals surface area contributed by atoms with E-state index in [1.807, 2.05) is 0 Å². The number of rotatable bonds is 0. The molecule has 0 atom stereocenters. The van der Waals surface area contributed by atoms with Gasteiger partial charge < -0.3 is 38.5 Å². The molecule has 0 bridgehead atoms. The fourth-order valence-corrected chi connectivity index (χ4v) is 0. The first-order chi connectivity index (χ1) is 4.00. The van der Waals surface area contributed by atoms with Gasteiger partial charge in [0, 0.05) is 37.1 Å². The maximum Gasteiger partial charge on any atom is 1.00 e. The molecule has 0 aliphatic carbocycles. The maximum atomic E-state index is 8.55. The summed E-state index contributed by atoms with van der Waals surface area (Å²) in [4.78, 5) is 51.3. The zero-order valence-electron chi connectivity index (χ0n) is 7.46. The second kappa shape index (κ2) is 18.9. The summed E-state index contributed by atoms with van der Waals surface area (Å²) in [7, 11) is -10.8. The van der Waals surface area contributed by atoms with E-state index in [1.165, 1.54) is 0 Å². The molecule has 0 aliphatic rings. The Morgan fingerprint density at radius 1 is 0.600 bits per heavy atom. The van der Waals surface area contributed by atoms with Gasteiger partial charge in [0.15, 0.2) is 0 Å². The van der Waals surface area contributed by atoms with Gasteiger partial charge in [-0.3, -0.25) is 4.70 Å². The summed E-state index contributed by atoms with van der Waals surface area (Å²) in [5, 5.41) is 0. The molecule has 0 aromatic carbocycles. The first kappa shape index (κ1) is 43.2. The van der Waals surface area contributed by atoms with Gasteiger partial charge in [0.1, 0.15) is 0 Å². The molecule has 0 N–H and O–H groups in total. The van der Waals surface area contributed by atoms with E-state index in [2.05, 4.69) is 0 Å². The van der Waals surface area contributed by atoms with Crippen molar-refractivity contribution in [3.05, 3.63) is 0 Å². The topological polar surface area (TPSA) is 172 Å². The van der Waals surface area contributed by atoms with E-state index in [1.54, 1.807) is 0 Å². The third-order valence-electron chi connectivity index (χ3n) is 0. The quantitative estimate of drug-likeness (QED) is 0.311. The summed E-state index contributed by atoms with van der Waals surface area (Å²) >= 11 is 0. The number of phosphoric acid groups is 2. The Bertz CT molecular complexity index is 141. The predicted octanol–water partition coefficient (Wildman–Crippen LogP) is -11.5. The second-order valence-corrected chi connectivity index (χ2v) is 2.68. The SMILES string of the molecule is F.O=P([O-])([O-])[O-].O=P([O-])([O-])[O-].[Li+].[Li+].[V].[V]. The van der Waals surface area contributed by atoms with Crippen LogP contribution in [0.4, 0.5) is 4.70 Å². The summed E-state index contributed by atoms with van der Waals surface area (Å²) in [6, 6.07) is 0. The van der Waals surface area contributed by atoms with E-state index in [-0.39, 0.29) is 79.5 Å². The van der Waals surface area contributed by atoms with Crippen molar-refractivity contribution in [3.63, 3.8) is 0 Å². The van der Waals surface area contributed by atoms with Gasteiger partial charge in [0.25, 0.3) is 0 Å². The third-order valence-corrected chi connectivity index (χ3v) is 0. The van der Waals surface area contributed by atoms with Crippen LogP contribution < -0.4 is 67.1 Å². The molecule has 0 saturated heterocycles. The van der Waals surface area contributed by atoms with Crippen LogP contribution in [0.15, 0.2) is 0 Å². The second-order valence-electron chi connectivity index (χ2n) is 0.894. The van der Waals surface area contributed by atoms with Crippen LogP contribution in [0.2, 0.25) is 0 Å². The molecule has 15 heteroatoms. The molecule has 0 rings (SSSR count). The van der Waals surface area contributed by atoms with Gasteiger partial charge in [-0.2, -0.15) is 15.6 Å².